The smallest absolute Gasteiger partial charge is 0.191 e. The Kier molecular flexibility index (Phi) is 7.20. The second-order valence-electron chi connectivity index (χ2n) is 8.38. The first-order valence-corrected chi connectivity index (χ1v) is 10.7. The Morgan fingerprint density at radius 1 is 1.26 bits per heavy atom. The Labute approximate surface area is 182 Å². The van der Waals surface area contributed by atoms with Crippen molar-refractivity contribution in [2.45, 2.75) is 39.7 Å². The molecule has 1 aromatic heterocycles. The minimum Gasteiger partial charge on any atom is -0.466 e. The highest BCUT2D eigenvalue weighted by molar-refractivity contribution is 5.79. The van der Waals surface area contributed by atoms with E-state index in [9.17, 15) is 13.9 Å². The fourth-order valence-electron chi connectivity index (χ4n) is 3.98. The lowest BCUT2D eigenvalue weighted by atomic mass is 9.96. The third-order valence-electron chi connectivity index (χ3n) is 5.62. The highest BCUT2D eigenvalue weighted by Crippen LogP contribution is 2.27. The van der Waals surface area contributed by atoms with Crippen LogP contribution in [0.3, 0.4) is 0 Å². The maximum atomic E-state index is 13.5. The standard InChI is InChI=1S/C23H32F2N4O2/c1-5-26-22(28-14-23(4,30)19-10-15(2)31-16(19)3)27-12-17-8-9-29(13-17)18-6-7-20(24)21(25)11-18/h6-7,10-11,17,30H,5,8-9,12-14H2,1-4H3,(H2,26,27,28). The Balaban J connectivity index is 1.58. The molecule has 1 saturated heterocycles. The van der Waals surface area contributed by atoms with E-state index in [0.29, 0.717) is 36.4 Å². The van der Waals surface area contributed by atoms with E-state index in [-0.39, 0.29) is 6.54 Å². The van der Waals surface area contributed by atoms with Gasteiger partial charge >= 0.3 is 0 Å². The van der Waals surface area contributed by atoms with Crippen LogP contribution in [0.15, 0.2) is 33.7 Å². The highest BCUT2D eigenvalue weighted by Gasteiger charge is 2.28. The third kappa shape index (κ3) is 5.76. The van der Waals surface area contributed by atoms with Crippen molar-refractivity contribution in [3.05, 3.63) is 53.0 Å². The van der Waals surface area contributed by atoms with E-state index in [4.69, 9.17) is 4.42 Å². The number of aliphatic imine (C=N–C) groups is 1. The number of furan rings is 1. The second-order valence-corrected chi connectivity index (χ2v) is 8.38. The van der Waals surface area contributed by atoms with Gasteiger partial charge in [-0.1, -0.05) is 0 Å². The molecule has 6 nitrogen and oxygen atoms in total. The number of benzene rings is 1. The molecule has 0 amide bonds. The van der Waals surface area contributed by atoms with Gasteiger partial charge < -0.3 is 25.1 Å². The SMILES string of the molecule is CCNC(=NCC(C)(O)c1cc(C)oc1C)NCC1CCN(c2ccc(F)c(F)c2)C1. The zero-order chi connectivity index (χ0) is 22.6. The molecule has 31 heavy (non-hydrogen) atoms. The monoisotopic (exact) mass is 434 g/mol. The number of rotatable bonds is 7. The van der Waals surface area contributed by atoms with Crippen LogP contribution in [0.25, 0.3) is 0 Å². The average Bonchev–Trinajstić information content (AvgIpc) is 3.32. The van der Waals surface area contributed by atoms with Crippen LogP contribution < -0.4 is 15.5 Å². The van der Waals surface area contributed by atoms with Crippen LogP contribution in [0.2, 0.25) is 0 Å². The largest absolute Gasteiger partial charge is 0.466 e. The zero-order valence-corrected chi connectivity index (χ0v) is 18.6. The molecule has 3 rings (SSSR count). The average molecular weight is 435 g/mol. The van der Waals surface area contributed by atoms with Gasteiger partial charge in [-0.2, -0.15) is 0 Å². The van der Waals surface area contributed by atoms with Gasteiger partial charge in [0, 0.05) is 43.5 Å². The molecule has 170 valence electrons. The number of guanidine groups is 1. The summed E-state index contributed by atoms with van der Waals surface area (Å²) in [4.78, 5) is 6.63. The summed E-state index contributed by atoms with van der Waals surface area (Å²) >= 11 is 0. The first-order chi connectivity index (χ1) is 14.7. The molecule has 0 aliphatic carbocycles. The fourth-order valence-corrected chi connectivity index (χ4v) is 3.98. The lowest BCUT2D eigenvalue weighted by molar-refractivity contribution is 0.0657. The molecule has 1 aromatic carbocycles. The van der Waals surface area contributed by atoms with Crippen molar-refractivity contribution in [2.75, 3.05) is 37.6 Å². The van der Waals surface area contributed by atoms with Gasteiger partial charge in [0.15, 0.2) is 17.6 Å². The van der Waals surface area contributed by atoms with Gasteiger partial charge in [0.2, 0.25) is 0 Å². The molecular weight excluding hydrogens is 402 g/mol. The number of hydrogen-bond donors (Lipinski definition) is 3. The summed E-state index contributed by atoms with van der Waals surface area (Å²) in [7, 11) is 0. The summed E-state index contributed by atoms with van der Waals surface area (Å²) in [5.74, 6) is 0.774. The van der Waals surface area contributed by atoms with E-state index in [2.05, 4.69) is 20.5 Å². The molecule has 0 saturated carbocycles. The minimum absolute atomic E-state index is 0.188. The van der Waals surface area contributed by atoms with Crippen molar-refractivity contribution >= 4 is 11.6 Å². The molecule has 1 aliphatic heterocycles. The van der Waals surface area contributed by atoms with Crippen molar-refractivity contribution in [1.82, 2.24) is 10.6 Å². The van der Waals surface area contributed by atoms with E-state index in [1.165, 1.54) is 12.1 Å². The molecule has 3 N–H and O–H groups in total. The molecule has 1 fully saturated rings. The van der Waals surface area contributed by atoms with Crippen LogP contribution >= 0.6 is 0 Å². The maximum absolute atomic E-state index is 13.5. The number of anilines is 1. The summed E-state index contributed by atoms with van der Waals surface area (Å²) in [5.41, 5.74) is 0.299. The normalized spacial score (nSPS) is 18.9. The second kappa shape index (κ2) is 9.68. The minimum atomic E-state index is -1.14. The third-order valence-corrected chi connectivity index (χ3v) is 5.62. The molecular formula is C23H32F2N4O2. The van der Waals surface area contributed by atoms with Crippen LogP contribution in [-0.4, -0.2) is 43.8 Å². The Morgan fingerprint density at radius 3 is 2.68 bits per heavy atom. The number of halogens is 2. The summed E-state index contributed by atoms with van der Waals surface area (Å²) in [6, 6.07) is 5.87. The lowest BCUT2D eigenvalue weighted by Gasteiger charge is -2.22. The molecule has 2 atom stereocenters. The van der Waals surface area contributed by atoms with E-state index >= 15 is 0 Å². The zero-order valence-electron chi connectivity index (χ0n) is 18.6. The summed E-state index contributed by atoms with van der Waals surface area (Å²) in [5, 5.41) is 17.4. The van der Waals surface area contributed by atoms with Gasteiger partial charge in [-0.3, -0.25) is 0 Å². The van der Waals surface area contributed by atoms with Crippen LogP contribution in [0.1, 0.15) is 37.4 Å². The number of aryl methyl sites for hydroxylation is 2. The maximum Gasteiger partial charge on any atom is 0.191 e. The van der Waals surface area contributed by atoms with Crippen LogP contribution in [0.5, 0.6) is 0 Å². The molecule has 2 unspecified atom stereocenters. The van der Waals surface area contributed by atoms with Gasteiger partial charge in [-0.25, -0.2) is 13.8 Å². The van der Waals surface area contributed by atoms with E-state index < -0.39 is 17.2 Å². The molecule has 1 aliphatic rings. The summed E-state index contributed by atoms with van der Waals surface area (Å²) in [6.45, 7) is 10.5. The van der Waals surface area contributed by atoms with Crippen LogP contribution in [-0.2, 0) is 5.60 Å². The molecule has 2 heterocycles. The van der Waals surface area contributed by atoms with Crippen LogP contribution in [0, 0.1) is 31.4 Å². The van der Waals surface area contributed by atoms with Crippen molar-refractivity contribution in [2.24, 2.45) is 10.9 Å². The first kappa shape index (κ1) is 23.1. The predicted octanol–water partition coefficient (Wildman–Crippen LogP) is 3.46. The van der Waals surface area contributed by atoms with Gasteiger partial charge in [0.25, 0.3) is 0 Å². The van der Waals surface area contributed by atoms with Crippen molar-refractivity contribution < 1.29 is 18.3 Å². The van der Waals surface area contributed by atoms with Gasteiger partial charge in [0.05, 0.1) is 6.54 Å². The highest BCUT2D eigenvalue weighted by atomic mass is 19.2. The first-order valence-electron chi connectivity index (χ1n) is 10.7. The summed E-state index contributed by atoms with van der Waals surface area (Å²) < 4.78 is 32.3. The Morgan fingerprint density at radius 2 is 2.03 bits per heavy atom. The Bertz CT molecular complexity index is 926. The van der Waals surface area contributed by atoms with E-state index in [0.717, 1.165) is 30.8 Å². The number of nitrogens with one attached hydrogen (secondary N) is 2. The van der Waals surface area contributed by atoms with Crippen molar-refractivity contribution in [3.63, 3.8) is 0 Å². The summed E-state index contributed by atoms with van der Waals surface area (Å²) in [6.07, 6.45) is 0.941. The molecule has 0 spiro atoms. The van der Waals surface area contributed by atoms with Crippen molar-refractivity contribution in [3.8, 4) is 0 Å². The number of aliphatic hydroxyl groups is 1. The van der Waals surface area contributed by atoms with Crippen LogP contribution in [0.4, 0.5) is 14.5 Å². The predicted molar refractivity (Wildman–Crippen MR) is 118 cm³/mol. The van der Waals surface area contributed by atoms with Crippen molar-refractivity contribution in [1.29, 1.82) is 0 Å². The van der Waals surface area contributed by atoms with Gasteiger partial charge in [-0.15, -0.1) is 0 Å². The van der Waals surface area contributed by atoms with Gasteiger partial charge in [-0.05, 0) is 58.2 Å². The Hall–Kier alpha value is -2.61. The van der Waals surface area contributed by atoms with E-state index in [1.807, 2.05) is 26.8 Å². The quantitative estimate of drug-likeness (QED) is 0.460. The molecule has 8 heteroatoms. The lowest BCUT2D eigenvalue weighted by Crippen LogP contribution is -2.41. The number of nitrogens with zero attached hydrogens (tertiary/aromatic N) is 2. The molecule has 0 bridgehead atoms. The molecule has 0 radical (unpaired) electrons. The number of hydrogen-bond acceptors (Lipinski definition) is 4. The fraction of sp³-hybridized carbons (Fsp3) is 0.522. The topological polar surface area (TPSA) is 73.0 Å². The molecule has 2 aromatic rings. The van der Waals surface area contributed by atoms with Gasteiger partial charge in [0.1, 0.15) is 17.1 Å². The van der Waals surface area contributed by atoms with E-state index in [1.54, 1.807) is 13.0 Å².